The highest BCUT2D eigenvalue weighted by Gasteiger charge is 2.40. The summed E-state index contributed by atoms with van der Waals surface area (Å²) in [5.41, 5.74) is 0. The number of hydrogen-bond acceptors (Lipinski definition) is 3. The number of carbonyl (C=O) groups is 2. The molecule has 96 valence electrons. The average Bonchev–Trinajstić information content (AvgIpc) is 3.00. The van der Waals surface area contributed by atoms with Crippen molar-refractivity contribution in [2.75, 3.05) is 6.54 Å². The first-order chi connectivity index (χ1) is 8.13. The molecule has 0 aromatic carbocycles. The lowest BCUT2D eigenvalue weighted by Crippen LogP contribution is -2.41. The average molecular weight is 241 g/mol. The Labute approximate surface area is 101 Å². The summed E-state index contributed by atoms with van der Waals surface area (Å²) >= 11 is 0. The topological polar surface area (TPSA) is 66.8 Å². The number of amides is 1. The molecule has 0 spiro atoms. The summed E-state index contributed by atoms with van der Waals surface area (Å²) in [4.78, 5) is 24.8. The number of hydrogen-bond donors (Lipinski definition) is 1. The van der Waals surface area contributed by atoms with Crippen LogP contribution < -0.4 is 0 Å². The van der Waals surface area contributed by atoms with Crippen molar-refractivity contribution in [2.45, 2.75) is 57.3 Å². The fourth-order valence-corrected chi connectivity index (χ4v) is 2.29. The molecule has 0 aromatic heterocycles. The van der Waals surface area contributed by atoms with Crippen molar-refractivity contribution in [1.82, 2.24) is 4.90 Å². The highest BCUT2D eigenvalue weighted by molar-refractivity contribution is 5.83. The van der Waals surface area contributed by atoms with Gasteiger partial charge in [0.2, 0.25) is 0 Å². The standard InChI is InChI=1S/C12H19NO4/c1-2-7-13(8-3-4-8)11(14)9-5-6-10(17-9)12(15)16/h8-10H,2-7H2,1H3,(H,15,16)/t9-,10+/m0/s1. The summed E-state index contributed by atoms with van der Waals surface area (Å²) in [6.45, 7) is 2.79. The van der Waals surface area contributed by atoms with Crippen LogP contribution in [0.15, 0.2) is 0 Å². The Balaban J connectivity index is 1.92. The molecule has 0 unspecified atom stereocenters. The smallest absolute Gasteiger partial charge is 0.332 e. The minimum absolute atomic E-state index is 0.0156. The molecule has 1 heterocycles. The Morgan fingerprint density at radius 1 is 1.24 bits per heavy atom. The van der Waals surface area contributed by atoms with E-state index in [1.54, 1.807) is 0 Å². The van der Waals surface area contributed by atoms with Gasteiger partial charge in [-0.3, -0.25) is 4.79 Å². The second-order valence-corrected chi connectivity index (χ2v) is 4.79. The van der Waals surface area contributed by atoms with Crippen molar-refractivity contribution in [3.05, 3.63) is 0 Å². The fourth-order valence-electron chi connectivity index (χ4n) is 2.29. The SMILES string of the molecule is CCCN(C(=O)[C@@H]1CC[C@H](C(=O)O)O1)C1CC1. The molecular weight excluding hydrogens is 222 g/mol. The Morgan fingerprint density at radius 3 is 2.35 bits per heavy atom. The van der Waals surface area contributed by atoms with E-state index in [1.807, 2.05) is 11.8 Å². The third kappa shape index (κ3) is 2.77. The van der Waals surface area contributed by atoms with E-state index in [1.165, 1.54) is 0 Å². The van der Waals surface area contributed by atoms with Gasteiger partial charge in [0.15, 0.2) is 6.10 Å². The zero-order chi connectivity index (χ0) is 12.4. The molecule has 5 heteroatoms. The lowest BCUT2D eigenvalue weighted by molar-refractivity contribution is -0.155. The molecule has 0 aromatic rings. The van der Waals surface area contributed by atoms with Crippen molar-refractivity contribution in [2.24, 2.45) is 0 Å². The molecule has 1 aliphatic carbocycles. The summed E-state index contributed by atoms with van der Waals surface area (Å²) in [7, 11) is 0. The van der Waals surface area contributed by atoms with E-state index in [0.717, 1.165) is 25.8 Å². The predicted molar refractivity (Wildman–Crippen MR) is 60.6 cm³/mol. The number of carbonyl (C=O) groups excluding carboxylic acids is 1. The molecule has 2 fully saturated rings. The van der Waals surface area contributed by atoms with Crippen LogP contribution in [0.1, 0.15) is 39.0 Å². The maximum atomic E-state index is 12.2. The molecule has 2 rings (SSSR count). The summed E-state index contributed by atoms with van der Waals surface area (Å²) in [5, 5.41) is 8.83. The van der Waals surface area contributed by atoms with Crippen molar-refractivity contribution in [1.29, 1.82) is 0 Å². The first-order valence-electron chi connectivity index (χ1n) is 6.32. The van der Waals surface area contributed by atoms with Crippen LogP contribution in [0.25, 0.3) is 0 Å². The molecule has 1 saturated carbocycles. The highest BCUT2D eigenvalue weighted by atomic mass is 16.5. The Kier molecular flexibility index (Phi) is 3.66. The van der Waals surface area contributed by atoms with E-state index in [0.29, 0.717) is 18.9 Å². The number of rotatable bonds is 5. The van der Waals surface area contributed by atoms with Crippen molar-refractivity contribution in [3.63, 3.8) is 0 Å². The van der Waals surface area contributed by atoms with E-state index in [2.05, 4.69) is 0 Å². The fraction of sp³-hybridized carbons (Fsp3) is 0.833. The number of aliphatic carboxylic acids is 1. The van der Waals surface area contributed by atoms with Crippen LogP contribution in [0.5, 0.6) is 0 Å². The summed E-state index contributed by atoms with van der Waals surface area (Å²) < 4.78 is 5.30. The van der Waals surface area contributed by atoms with Crippen LogP contribution in [0, 0.1) is 0 Å². The minimum Gasteiger partial charge on any atom is -0.479 e. The molecule has 1 N–H and O–H groups in total. The summed E-state index contributed by atoms with van der Waals surface area (Å²) in [6, 6.07) is 0.370. The molecule has 1 saturated heterocycles. The van der Waals surface area contributed by atoms with E-state index in [-0.39, 0.29) is 5.91 Å². The van der Waals surface area contributed by atoms with Gasteiger partial charge in [0, 0.05) is 12.6 Å². The number of nitrogens with zero attached hydrogens (tertiary/aromatic N) is 1. The van der Waals surface area contributed by atoms with Gasteiger partial charge in [-0.25, -0.2) is 4.79 Å². The van der Waals surface area contributed by atoms with Crippen LogP contribution >= 0.6 is 0 Å². The number of carboxylic acid groups (broad SMARTS) is 1. The predicted octanol–water partition coefficient (Wildman–Crippen LogP) is 1.02. The Bertz CT molecular complexity index is 314. The quantitative estimate of drug-likeness (QED) is 0.780. The van der Waals surface area contributed by atoms with Gasteiger partial charge >= 0.3 is 5.97 Å². The second kappa shape index (κ2) is 5.04. The van der Waals surface area contributed by atoms with Crippen LogP contribution in [-0.4, -0.2) is 46.7 Å². The maximum Gasteiger partial charge on any atom is 0.332 e. The van der Waals surface area contributed by atoms with Crippen LogP contribution in [0.4, 0.5) is 0 Å². The normalized spacial score (nSPS) is 28.1. The minimum atomic E-state index is -0.964. The molecule has 17 heavy (non-hydrogen) atoms. The monoisotopic (exact) mass is 241 g/mol. The van der Waals surface area contributed by atoms with Gasteiger partial charge in [0.05, 0.1) is 0 Å². The van der Waals surface area contributed by atoms with Gasteiger partial charge in [-0.2, -0.15) is 0 Å². The van der Waals surface area contributed by atoms with Crippen molar-refractivity contribution < 1.29 is 19.4 Å². The zero-order valence-electron chi connectivity index (χ0n) is 10.1. The van der Waals surface area contributed by atoms with E-state index < -0.39 is 18.2 Å². The van der Waals surface area contributed by atoms with Gasteiger partial charge in [0.25, 0.3) is 5.91 Å². The van der Waals surface area contributed by atoms with Crippen LogP contribution in [0.3, 0.4) is 0 Å². The van der Waals surface area contributed by atoms with Gasteiger partial charge in [-0.1, -0.05) is 6.92 Å². The van der Waals surface area contributed by atoms with Crippen molar-refractivity contribution >= 4 is 11.9 Å². The molecule has 2 atom stereocenters. The van der Waals surface area contributed by atoms with Crippen molar-refractivity contribution in [3.8, 4) is 0 Å². The maximum absolute atomic E-state index is 12.2. The van der Waals surface area contributed by atoms with Gasteiger partial charge < -0.3 is 14.7 Å². The molecule has 2 aliphatic rings. The molecule has 5 nitrogen and oxygen atoms in total. The molecule has 0 radical (unpaired) electrons. The third-order valence-corrected chi connectivity index (χ3v) is 3.31. The van der Waals surface area contributed by atoms with E-state index in [4.69, 9.17) is 9.84 Å². The second-order valence-electron chi connectivity index (χ2n) is 4.79. The number of ether oxygens (including phenoxy) is 1. The Morgan fingerprint density at radius 2 is 1.88 bits per heavy atom. The number of carboxylic acids is 1. The summed E-state index contributed by atoms with van der Waals surface area (Å²) in [5.74, 6) is -0.980. The molecular formula is C12H19NO4. The van der Waals surface area contributed by atoms with Gasteiger partial charge in [-0.05, 0) is 32.1 Å². The van der Waals surface area contributed by atoms with Crippen LogP contribution in [-0.2, 0) is 14.3 Å². The third-order valence-electron chi connectivity index (χ3n) is 3.31. The van der Waals surface area contributed by atoms with E-state index >= 15 is 0 Å². The van der Waals surface area contributed by atoms with Gasteiger partial charge in [-0.15, -0.1) is 0 Å². The highest BCUT2D eigenvalue weighted by Crippen LogP contribution is 2.30. The molecule has 0 bridgehead atoms. The molecule has 1 aliphatic heterocycles. The lowest BCUT2D eigenvalue weighted by Gasteiger charge is -2.24. The summed E-state index contributed by atoms with van der Waals surface area (Å²) in [6.07, 6.45) is 2.70. The largest absolute Gasteiger partial charge is 0.479 e. The molecule has 1 amide bonds. The zero-order valence-corrected chi connectivity index (χ0v) is 10.1. The first kappa shape index (κ1) is 12.4. The van der Waals surface area contributed by atoms with E-state index in [9.17, 15) is 9.59 Å². The van der Waals surface area contributed by atoms with Crippen LogP contribution in [0.2, 0.25) is 0 Å². The van der Waals surface area contributed by atoms with Gasteiger partial charge in [0.1, 0.15) is 6.10 Å². The lowest BCUT2D eigenvalue weighted by atomic mass is 10.1. The first-order valence-corrected chi connectivity index (χ1v) is 6.32. The Hall–Kier alpha value is -1.10.